The van der Waals surface area contributed by atoms with Crippen molar-refractivity contribution in [1.29, 1.82) is 0 Å². The maximum absolute atomic E-state index is 12.2. The van der Waals surface area contributed by atoms with Crippen molar-refractivity contribution in [3.63, 3.8) is 0 Å². The fraction of sp³-hybridized carbons (Fsp3) is 0.333. The number of morpholine rings is 1. The molecule has 1 aliphatic rings. The fourth-order valence-electron chi connectivity index (χ4n) is 2.80. The van der Waals surface area contributed by atoms with Crippen LogP contribution in [0.4, 0.5) is 0 Å². The lowest BCUT2D eigenvalue weighted by molar-refractivity contribution is -0.0291. The van der Waals surface area contributed by atoms with Crippen LogP contribution in [-0.4, -0.2) is 46.1 Å². The molecule has 0 spiro atoms. The molecule has 0 bridgehead atoms. The Bertz CT molecular complexity index is 735. The molecule has 1 saturated heterocycles. The zero-order valence-electron chi connectivity index (χ0n) is 13.5. The van der Waals surface area contributed by atoms with Gasteiger partial charge in [0.15, 0.2) is 0 Å². The second-order valence-electron chi connectivity index (χ2n) is 5.78. The van der Waals surface area contributed by atoms with Gasteiger partial charge in [-0.1, -0.05) is 48.5 Å². The van der Waals surface area contributed by atoms with Crippen LogP contribution in [0.2, 0.25) is 0 Å². The summed E-state index contributed by atoms with van der Waals surface area (Å²) in [5, 5.41) is 0. The summed E-state index contributed by atoms with van der Waals surface area (Å²) >= 11 is 0. The molecule has 1 heterocycles. The standard InChI is InChI=1S/C18H22N2O3S/c21-24(22,17-9-5-2-6-10-17)19-11-12-20-13-14-23-18(15-20)16-7-3-1-4-8-16/h1-10,18-19H,11-15H2/t18-/m0/s1. The molecule has 0 unspecified atom stereocenters. The van der Waals surface area contributed by atoms with Crippen molar-refractivity contribution in [1.82, 2.24) is 9.62 Å². The topological polar surface area (TPSA) is 58.6 Å². The predicted molar refractivity (Wildman–Crippen MR) is 93.2 cm³/mol. The number of ether oxygens (including phenoxy) is 1. The summed E-state index contributed by atoms with van der Waals surface area (Å²) in [4.78, 5) is 2.53. The third kappa shape index (κ3) is 4.42. The van der Waals surface area contributed by atoms with Crippen LogP contribution in [0.5, 0.6) is 0 Å². The van der Waals surface area contributed by atoms with Gasteiger partial charge in [-0.15, -0.1) is 0 Å². The molecule has 5 nitrogen and oxygen atoms in total. The van der Waals surface area contributed by atoms with E-state index in [1.54, 1.807) is 30.3 Å². The summed E-state index contributed by atoms with van der Waals surface area (Å²) in [7, 11) is -3.43. The lowest BCUT2D eigenvalue weighted by atomic mass is 10.1. The molecule has 3 rings (SSSR count). The number of nitrogens with zero attached hydrogens (tertiary/aromatic N) is 1. The van der Waals surface area contributed by atoms with Crippen LogP contribution in [0.25, 0.3) is 0 Å². The highest BCUT2D eigenvalue weighted by atomic mass is 32.2. The van der Waals surface area contributed by atoms with Gasteiger partial charge in [-0.25, -0.2) is 13.1 Å². The van der Waals surface area contributed by atoms with E-state index in [2.05, 4.69) is 21.8 Å². The lowest BCUT2D eigenvalue weighted by Gasteiger charge is -2.33. The highest BCUT2D eigenvalue weighted by Crippen LogP contribution is 2.21. The second-order valence-corrected chi connectivity index (χ2v) is 7.55. The van der Waals surface area contributed by atoms with Gasteiger partial charge in [0.25, 0.3) is 0 Å². The Balaban J connectivity index is 1.52. The minimum atomic E-state index is -3.43. The van der Waals surface area contributed by atoms with Crippen LogP contribution in [0.1, 0.15) is 11.7 Å². The molecule has 1 fully saturated rings. The highest BCUT2D eigenvalue weighted by molar-refractivity contribution is 7.89. The minimum Gasteiger partial charge on any atom is -0.371 e. The summed E-state index contributed by atoms with van der Waals surface area (Å²) in [6.07, 6.45) is 0.0469. The molecular weight excluding hydrogens is 324 g/mol. The largest absolute Gasteiger partial charge is 0.371 e. The first-order valence-electron chi connectivity index (χ1n) is 8.09. The summed E-state index contributed by atoms with van der Waals surface area (Å²) < 4.78 is 32.9. The molecule has 24 heavy (non-hydrogen) atoms. The lowest BCUT2D eigenvalue weighted by Crippen LogP contribution is -2.42. The van der Waals surface area contributed by atoms with Gasteiger partial charge in [0.2, 0.25) is 10.0 Å². The van der Waals surface area contributed by atoms with Crippen LogP contribution in [0.3, 0.4) is 0 Å². The number of rotatable bonds is 6. The van der Waals surface area contributed by atoms with Gasteiger partial charge in [-0.05, 0) is 17.7 Å². The van der Waals surface area contributed by atoms with E-state index in [1.165, 1.54) is 0 Å². The van der Waals surface area contributed by atoms with E-state index in [0.29, 0.717) is 24.6 Å². The van der Waals surface area contributed by atoms with Crippen LogP contribution >= 0.6 is 0 Å². The smallest absolute Gasteiger partial charge is 0.240 e. The fourth-order valence-corrected chi connectivity index (χ4v) is 3.84. The van der Waals surface area contributed by atoms with Gasteiger partial charge in [-0.2, -0.15) is 0 Å². The molecule has 1 atom stereocenters. The van der Waals surface area contributed by atoms with E-state index in [1.807, 2.05) is 18.2 Å². The van der Waals surface area contributed by atoms with Gasteiger partial charge >= 0.3 is 0 Å². The summed E-state index contributed by atoms with van der Waals surface area (Å²) in [5.74, 6) is 0. The van der Waals surface area contributed by atoms with E-state index in [4.69, 9.17) is 4.74 Å². The van der Waals surface area contributed by atoms with Crippen molar-refractivity contribution in [3.8, 4) is 0 Å². The van der Waals surface area contributed by atoms with Crippen molar-refractivity contribution in [2.75, 3.05) is 32.8 Å². The molecule has 0 aliphatic carbocycles. The maximum Gasteiger partial charge on any atom is 0.240 e. The van der Waals surface area contributed by atoms with Crippen molar-refractivity contribution in [2.24, 2.45) is 0 Å². The normalized spacial score (nSPS) is 19.2. The highest BCUT2D eigenvalue weighted by Gasteiger charge is 2.22. The van der Waals surface area contributed by atoms with Crippen molar-refractivity contribution < 1.29 is 13.2 Å². The van der Waals surface area contributed by atoms with Gasteiger partial charge in [0, 0.05) is 26.2 Å². The van der Waals surface area contributed by atoms with Crippen molar-refractivity contribution in [3.05, 3.63) is 66.2 Å². The molecule has 0 saturated carbocycles. The Labute approximate surface area is 143 Å². The SMILES string of the molecule is O=S(=O)(NCCN1CCO[C@H](c2ccccc2)C1)c1ccccc1. The Kier molecular flexibility index (Phi) is 5.63. The summed E-state index contributed by atoms with van der Waals surface area (Å²) in [5.41, 5.74) is 1.16. The van der Waals surface area contributed by atoms with Crippen LogP contribution < -0.4 is 4.72 Å². The number of benzene rings is 2. The third-order valence-electron chi connectivity index (χ3n) is 4.10. The average Bonchev–Trinajstić information content (AvgIpc) is 2.63. The van der Waals surface area contributed by atoms with E-state index in [-0.39, 0.29) is 6.10 Å². The number of sulfonamides is 1. The minimum absolute atomic E-state index is 0.0469. The molecule has 2 aromatic carbocycles. The number of hydrogen-bond donors (Lipinski definition) is 1. The molecule has 1 aliphatic heterocycles. The van der Waals surface area contributed by atoms with Crippen LogP contribution in [-0.2, 0) is 14.8 Å². The number of nitrogens with one attached hydrogen (secondary N) is 1. The molecule has 0 aromatic heterocycles. The molecule has 6 heteroatoms. The molecule has 0 radical (unpaired) electrons. The first-order chi connectivity index (χ1) is 11.6. The zero-order chi connectivity index (χ0) is 16.8. The Morgan fingerprint density at radius 1 is 1.04 bits per heavy atom. The Morgan fingerprint density at radius 2 is 1.71 bits per heavy atom. The van der Waals surface area contributed by atoms with Crippen LogP contribution in [0, 0.1) is 0 Å². The van der Waals surface area contributed by atoms with Gasteiger partial charge in [0.05, 0.1) is 17.6 Å². The zero-order valence-corrected chi connectivity index (χ0v) is 14.3. The quantitative estimate of drug-likeness (QED) is 0.870. The molecule has 1 N–H and O–H groups in total. The third-order valence-corrected chi connectivity index (χ3v) is 5.57. The molecule has 2 aromatic rings. The van der Waals surface area contributed by atoms with E-state index in [9.17, 15) is 8.42 Å². The number of hydrogen-bond acceptors (Lipinski definition) is 4. The van der Waals surface area contributed by atoms with Crippen molar-refractivity contribution >= 4 is 10.0 Å². The van der Waals surface area contributed by atoms with E-state index >= 15 is 0 Å². The first-order valence-corrected chi connectivity index (χ1v) is 9.57. The monoisotopic (exact) mass is 346 g/mol. The van der Waals surface area contributed by atoms with Gasteiger partial charge in [0.1, 0.15) is 0 Å². The Morgan fingerprint density at radius 3 is 2.42 bits per heavy atom. The molecule has 0 amide bonds. The average molecular weight is 346 g/mol. The summed E-state index contributed by atoms with van der Waals surface area (Å²) in [6, 6.07) is 18.6. The van der Waals surface area contributed by atoms with Gasteiger partial charge < -0.3 is 4.74 Å². The van der Waals surface area contributed by atoms with Crippen LogP contribution in [0.15, 0.2) is 65.6 Å². The molecular formula is C18H22N2O3S. The maximum atomic E-state index is 12.2. The van der Waals surface area contributed by atoms with E-state index in [0.717, 1.165) is 18.7 Å². The Hall–Kier alpha value is -1.73. The van der Waals surface area contributed by atoms with E-state index < -0.39 is 10.0 Å². The van der Waals surface area contributed by atoms with Gasteiger partial charge in [-0.3, -0.25) is 4.90 Å². The molecule has 128 valence electrons. The second kappa shape index (κ2) is 7.90. The predicted octanol–water partition coefficient (Wildman–Crippen LogP) is 2.04. The summed E-state index contributed by atoms with van der Waals surface area (Å²) in [6.45, 7) is 3.30. The first kappa shape index (κ1) is 17.1. The van der Waals surface area contributed by atoms with Crippen molar-refractivity contribution in [2.45, 2.75) is 11.0 Å².